The SMILES string of the molecule is CC(=O)OCCOCC(OC1C(=O)Oc2c1cc(C(C)(C)C)cc2C(C)(C)C)c1ccccc1. The van der Waals surface area contributed by atoms with E-state index in [9.17, 15) is 9.59 Å². The molecule has 184 valence electrons. The number of esters is 2. The standard InChI is InChI=1S/C28H36O6/c1-18(29)32-14-13-31-17-23(19-11-9-8-10-12-19)33-25-21-15-20(27(2,3)4)16-22(28(5,6)7)24(21)34-26(25)30/h8-12,15-16,23,25H,13-14,17H2,1-7H3. The Bertz CT molecular complexity index is 1010. The highest BCUT2D eigenvalue weighted by Gasteiger charge is 2.40. The van der Waals surface area contributed by atoms with Crippen LogP contribution in [0.5, 0.6) is 5.75 Å². The zero-order valence-electron chi connectivity index (χ0n) is 21.3. The van der Waals surface area contributed by atoms with Crippen LogP contribution in [-0.4, -0.2) is 31.8 Å². The first-order valence-corrected chi connectivity index (χ1v) is 11.7. The molecule has 6 nitrogen and oxygen atoms in total. The number of ether oxygens (including phenoxy) is 4. The van der Waals surface area contributed by atoms with Gasteiger partial charge in [0, 0.05) is 18.1 Å². The third-order valence-corrected chi connectivity index (χ3v) is 5.76. The molecule has 2 aromatic carbocycles. The van der Waals surface area contributed by atoms with Crippen LogP contribution in [0, 0.1) is 0 Å². The first kappa shape index (κ1) is 25.9. The van der Waals surface area contributed by atoms with Crippen LogP contribution in [-0.2, 0) is 34.6 Å². The monoisotopic (exact) mass is 468 g/mol. The quantitative estimate of drug-likeness (QED) is 0.286. The average molecular weight is 469 g/mol. The molecule has 0 aliphatic carbocycles. The predicted octanol–water partition coefficient (Wildman–Crippen LogP) is 5.58. The van der Waals surface area contributed by atoms with Crippen LogP contribution < -0.4 is 4.74 Å². The Hall–Kier alpha value is -2.70. The minimum atomic E-state index is -0.860. The summed E-state index contributed by atoms with van der Waals surface area (Å²) in [5.41, 5.74) is 3.44. The summed E-state index contributed by atoms with van der Waals surface area (Å²) < 4.78 is 22.9. The van der Waals surface area contributed by atoms with Gasteiger partial charge in [-0.2, -0.15) is 0 Å². The molecule has 0 radical (unpaired) electrons. The minimum Gasteiger partial charge on any atom is -0.463 e. The van der Waals surface area contributed by atoms with Crippen molar-refractivity contribution in [2.45, 2.75) is 71.5 Å². The molecule has 0 saturated carbocycles. The Morgan fingerprint density at radius 3 is 2.26 bits per heavy atom. The molecular weight excluding hydrogens is 432 g/mol. The number of fused-ring (bicyclic) bond motifs is 1. The molecule has 2 atom stereocenters. The second-order valence-corrected chi connectivity index (χ2v) is 10.7. The largest absolute Gasteiger partial charge is 0.463 e. The fourth-order valence-corrected chi connectivity index (χ4v) is 3.84. The Kier molecular flexibility index (Phi) is 7.84. The molecule has 0 fully saturated rings. The molecule has 1 aliphatic rings. The molecular formula is C28H36O6. The van der Waals surface area contributed by atoms with Gasteiger partial charge in [-0.1, -0.05) is 77.9 Å². The van der Waals surface area contributed by atoms with E-state index in [0.717, 1.165) is 22.3 Å². The molecule has 1 aliphatic heterocycles. The Morgan fingerprint density at radius 2 is 1.68 bits per heavy atom. The van der Waals surface area contributed by atoms with E-state index in [-0.39, 0.29) is 36.6 Å². The van der Waals surface area contributed by atoms with Gasteiger partial charge in [-0.3, -0.25) is 4.79 Å². The van der Waals surface area contributed by atoms with Crippen molar-refractivity contribution in [1.29, 1.82) is 0 Å². The van der Waals surface area contributed by atoms with Gasteiger partial charge in [0.2, 0.25) is 0 Å². The summed E-state index contributed by atoms with van der Waals surface area (Å²) in [7, 11) is 0. The smallest absolute Gasteiger partial charge is 0.345 e. The molecule has 0 amide bonds. The molecule has 0 N–H and O–H groups in total. The third kappa shape index (κ3) is 6.24. The molecule has 0 spiro atoms. The number of rotatable bonds is 8. The van der Waals surface area contributed by atoms with Crippen molar-refractivity contribution in [3.05, 3.63) is 64.7 Å². The van der Waals surface area contributed by atoms with Crippen molar-refractivity contribution in [2.75, 3.05) is 19.8 Å². The molecule has 1 heterocycles. The van der Waals surface area contributed by atoms with Gasteiger partial charge in [-0.15, -0.1) is 0 Å². The second kappa shape index (κ2) is 10.3. The van der Waals surface area contributed by atoms with Gasteiger partial charge in [0.1, 0.15) is 18.5 Å². The van der Waals surface area contributed by atoms with Gasteiger partial charge in [0.05, 0.1) is 13.2 Å². The maximum atomic E-state index is 13.0. The lowest BCUT2D eigenvalue weighted by Crippen LogP contribution is -2.21. The molecule has 0 saturated heterocycles. The van der Waals surface area contributed by atoms with E-state index >= 15 is 0 Å². The molecule has 2 unspecified atom stereocenters. The van der Waals surface area contributed by atoms with Crippen LogP contribution in [0.25, 0.3) is 0 Å². The Labute approximate surface area is 202 Å². The van der Waals surface area contributed by atoms with Crippen molar-refractivity contribution >= 4 is 11.9 Å². The summed E-state index contributed by atoms with van der Waals surface area (Å²) in [5, 5.41) is 0. The summed E-state index contributed by atoms with van der Waals surface area (Å²) >= 11 is 0. The van der Waals surface area contributed by atoms with E-state index in [1.807, 2.05) is 36.4 Å². The minimum absolute atomic E-state index is 0.107. The zero-order valence-corrected chi connectivity index (χ0v) is 21.3. The third-order valence-electron chi connectivity index (χ3n) is 5.76. The van der Waals surface area contributed by atoms with Gasteiger partial charge in [0.15, 0.2) is 6.10 Å². The summed E-state index contributed by atoms with van der Waals surface area (Å²) in [6.07, 6.45) is -1.36. The van der Waals surface area contributed by atoms with Crippen molar-refractivity contribution in [3.63, 3.8) is 0 Å². The molecule has 0 aromatic heterocycles. The molecule has 6 heteroatoms. The molecule has 0 bridgehead atoms. The molecule has 34 heavy (non-hydrogen) atoms. The summed E-state index contributed by atoms with van der Waals surface area (Å²) in [5.74, 6) is -0.181. The first-order chi connectivity index (χ1) is 15.9. The Balaban J connectivity index is 1.92. The van der Waals surface area contributed by atoms with Crippen molar-refractivity contribution in [2.24, 2.45) is 0 Å². The van der Waals surface area contributed by atoms with E-state index in [2.05, 4.69) is 47.6 Å². The number of carbonyl (C=O) groups is 2. The van der Waals surface area contributed by atoms with Crippen LogP contribution in [0.15, 0.2) is 42.5 Å². The van der Waals surface area contributed by atoms with Gasteiger partial charge in [-0.25, -0.2) is 4.79 Å². The van der Waals surface area contributed by atoms with Crippen LogP contribution in [0.4, 0.5) is 0 Å². The zero-order chi connectivity index (χ0) is 25.1. The highest BCUT2D eigenvalue weighted by molar-refractivity contribution is 5.86. The summed E-state index contributed by atoms with van der Waals surface area (Å²) in [4.78, 5) is 24.0. The van der Waals surface area contributed by atoms with Crippen LogP contribution >= 0.6 is 0 Å². The number of hydrogen-bond acceptors (Lipinski definition) is 6. The Morgan fingerprint density at radius 1 is 1.00 bits per heavy atom. The van der Waals surface area contributed by atoms with Crippen LogP contribution in [0.2, 0.25) is 0 Å². The van der Waals surface area contributed by atoms with E-state index in [1.54, 1.807) is 0 Å². The van der Waals surface area contributed by atoms with Crippen molar-refractivity contribution in [1.82, 2.24) is 0 Å². The fourth-order valence-electron chi connectivity index (χ4n) is 3.84. The van der Waals surface area contributed by atoms with Crippen LogP contribution in [0.1, 0.15) is 82.9 Å². The normalized spacial score (nSPS) is 16.7. The van der Waals surface area contributed by atoms with E-state index in [4.69, 9.17) is 18.9 Å². The lowest BCUT2D eigenvalue weighted by molar-refractivity contribution is -0.152. The number of hydrogen-bond donors (Lipinski definition) is 0. The predicted molar refractivity (Wildman–Crippen MR) is 130 cm³/mol. The average Bonchev–Trinajstić information content (AvgIpc) is 3.05. The topological polar surface area (TPSA) is 71.1 Å². The first-order valence-electron chi connectivity index (χ1n) is 11.7. The highest BCUT2D eigenvalue weighted by Crippen LogP contribution is 2.46. The van der Waals surface area contributed by atoms with Gasteiger partial charge >= 0.3 is 11.9 Å². The summed E-state index contributed by atoms with van der Waals surface area (Å²) in [6, 6.07) is 13.8. The van der Waals surface area contributed by atoms with Gasteiger partial charge in [0.25, 0.3) is 0 Å². The maximum absolute atomic E-state index is 13.0. The lowest BCUT2D eigenvalue weighted by atomic mass is 9.78. The molecule has 2 aromatic rings. The molecule has 3 rings (SSSR count). The number of carbonyl (C=O) groups excluding carboxylic acids is 2. The highest BCUT2D eigenvalue weighted by atomic mass is 16.6. The van der Waals surface area contributed by atoms with Gasteiger partial charge in [-0.05, 0) is 28.0 Å². The van der Waals surface area contributed by atoms with E-state index < -0.39 is 18.2 Å². The lowest BCUT2D eigenvalue weighted by Gasteiger charge is -2.27. The number of benzene rings is 2. The van der Waals surface area contributed by atoms with Crippen molar-refractivity contribution < 1.29 is 28.5 Å². The maximum Gasteiger partial charge on any atom is 0.345 e. The second-order valence-electron chi connectivity index (χ2n) is 10.7. The van der Waals surface area contributed by atoms with E-state index in [0.29, 0.717) is 5.75 Å². The summed E-state index contributed by atoms with van der Waals surface area (Å²) in [6.45, 7) is 14.7. The van der Waals surface area contributed by atoms with Gasteiger partial charge < -0.3 is 18.9 Å². The fraction of sp³-hybridized carbons (Fsp3) is 0.500. The van der Waals surface area contributed by atoms with Crippen molar-refractivity contribution in [3.8, 4) is 5.75 Å². The van der Waals surface area contributed by atoms with Crippen LogP contribution in [0.3, 0.4) is 0 Å². The van der Waals surface area contributed by atoms with E-state index in [1.165, 1.54) is 6.92 Å².